The summed E-state index contributed by atoms with van der Waals surface area (Å²) >= 11 is 0. The molecule has 0 aromatic heterocycles. The number of nitriles is 3. The predicted octanol–water partition coefficient (Wildman–Crippen LogP) is 3.85. The number of hydrogen-bond donors (Lipinski definition) is 1. The van der Waals surface area contributed by atoms with E-state index in [1.165, 1.54) is 24.3 Å². The van der Waals surface area contributed by atoms with E-state index in [4.69, 9.17) is 20.5 Å². The number of nitrogens with one attached hydrogen (secondary N) is 1. The van der Waals surface area contributed by atoms with Crippen molar-refractivity contribution in [1.82, 2.24) is 0 Å². The van der Waals surface area contributed by atoms with Gasteiger partial charge >= 0.3 is 0 Å². The van der Waals surface area contributed by atoms with E-state index in [2.05, 4.69) is 5.32 Å². The maximum Gasteiger partial charge on any atom is 0.163 e. The Labute approximate surface area is 132 Å². The van der Waals surface area contributed by atoms with Crippen LogP contribution < -0.4 is 10.1 Å². The quantitative estimate of drug-likeness (QED) is 0.866. The van der Waals surface area contributed by atoms with E-state index in [0.29, 0.717) is 17.2 Å². The van der Waals surface area contributed by atoms with Gasteiger partial charge in [0.05, 0.1) is 0 Å². The average molecular weight is 304 g/mol. The summed E-state index contributed by atoms with van der Waals surface area (Å²) in [4.78, 5) is 0. The molecule has 2 aromatic rings. The lowest BCUT2D eigenvalue weighted by Gasteiger charge is -2.09. The Morgan fingerprint density at radius 1 is 0.913 bits per heavy atom. The zero-order valence-electron chi connectivity index (χ0n) is 11.7. The maximum absolute atomic E-state index is 12.9. The average Bonchev–Trinajstić information content (AvgIpc) is 2.57. The van der Waals surface area contributed by atoms with Gasteiger partial charge in [-0.1, -0.05) is 6.07 Å². The lowest BCUT2D eigenvalue weighted by molar-refractivity contribution is 0.481. The zero-order valence-corrected chi connectivity index (χ0v) is 11.7. The summed E-state index contributed by atoms with van der Waals surface area (Å²) in [5, 5.41) is 29.3. The second-order valence-electron chi connectivity index (χ2n) is 4.29. The van der Waals surface area contributed by atoms with Crippen molar-refractivity contribution in [1.29, 1.82) is 15.8 Å². The molecule has 0 saturated carbocycles. The molecule has 0 fully saturated rings. The summed E-state index contributed by atoms with van der Waals surface area (Å²) in [5.41, 5.74) is 0.0236. The van der Waals surface area contributed by atoms with Gasteiger partial charge < -0.3 is 10.1 Å². The topological polar surface area (TPSA) is 92.6 Å². The summed E-state index contributed by atoms with van der Waals surface area (Å²) in [5.74, 6) is 0.542. The van der Waals surface area contributed by atoms with Crippen molar-refractivity contribution < 1.29 is 9.13 Å². The molecule has 0 radical (unpaired) electrons. The van der Waals surface area contributed by atoms with Crippen LogP contribution in [0.15, 0.2) is 59.8 Å². The molecular weight excluding hydrogens is 295 g/mol. The van der Waals surface area contributed by atoms with Crippen LogP contribution in [0.4, 0.5) is 10.1 Å². The molecule has 2 aromatic carbocycles. The molecule has 0 heterocycles. The van der Waals surface area contributed by atoms with Gasteiger partial charge in [-0.15, -0.1) is 0 Å². The minimum absolute atomic E-state index is 0.145. The van der Waals surface area contributed by atoms with E-state index in [-0.39, 0.29) is 17.1 Å². The largest absolute Gasteiger partial charge is 0.457 e. The number of allylic oxidation sites excluding steroid dienone is 2. The highest BCUT2D eigenvalue weighted by atomic mass is 19.1. The number of benzene rings is 2. The van der Waals surface area contributed by atoms with E-state index in [1.54, 1.807) is 42.5 Å². The molecule has 2 rings (SSSR count). The van der Waals surface area contributed by atoms with E-state index in [1.807, 2.05) is 0 Å². The highest BCUT2D eigenvalue weighted by Crippen LogP contribution is 2.25. The predicted molar refractivity (Wildman–Crippen MR) is 80.4 cm³/mol. The number of halogens is 1. The summed E-state index contributed by atoms with van der Waals surface area (Å²) in [6.45, 7) is 0. The SMILES string of the molecule is N#CC(C#N)=C(C#N)Nc1cccc(Oc2ccc(F)cc2)c1. The third-order valence-corrected chi connectivity index (χ3v) is 2.74. The normalized spacial score (nSPS) is 8.96. The van der Waals surface area contributed by atoms with E-state index in [9.17, 15) is 4.39 Å². The zero-order chi connectivity index (χ0) is 16.7. The van der Waals surface area contributed by atoms with Crippen LogP contribution in [0.5, 0.6) is 11.5 Å². The molecular formula is C17H9FN4O. The minimum Gasteiger partial charge on any atom is -0.457 e. The molecule has 0 aliphatic rings. The molecule has 0 saturated heterocycles. The van der Waals surface area contributed by atoms with Gasteiger partial charge in [0.25, 0.3) is 0 Å². The first-order valence-corrected chi connectivity index (χ1v) is 6.41. The molecule has 5 nitrogen and oxygen atoms in total. The third-order valence-electron chi connectivity index (χ3n) is 2.74. The van der Waals surface area contributed by atoms with Gasteiger partial charge in [-0.05, 0) is 36.4 Å². The Morgan fingerprint density at radius 3 is 2.22 bits per heavy atom. The van der Waals surface area contributed by atoms with Crippen molar-refractivity contribution in [3.63, 3.8) is 0 Å². The summed E-state index contributed by atoms with van der Waals surface area (Å²) < 4.78 is 18.4. The van der Waals surface area contributed by atoms with Crippen LogP contribution in [0.1, 0.15) is 0 Å². The Hall–Kier alpha value is -3.82. The smallest absolute Gasteiger partial charge is 0.163 e. The third kappa shape index (κ3) is 4.07. The highest BCUT2D eigenvalue weighted by molar-refractivity contribution is 5.59. The molecule has 1 N–H and O–H groups in total. The van der Waals surface area contributed by atoms with Crippen LogP contribution in [0.3, 0.4) is 0 Å². The first kappa shape index (κ1) is 15.6. The lowest BCUT2D eigenvalue weighted by atomic mass is 10.2. The fourth-order valence-electron chi connectivity index (χ4n) is 1.70. The van der Waals surface area contributed by atoms with E-state index in [0.717, 1.165) is 0 Å². The summed E-state index contributed by atoms with van der Waals surface area (Å²) in [7, 11) is 0. The minimum atomic E-state index is -0.364. The van der Waals surface area contributed by atoms with Crippen molar-refractivity contribution >= 4 is 5.69 Å². The summed E-state index contributed by atoms with van der Waals surface area (Å²) in [6, 6.07) is 17.2. The molecule has 0 aliphatic heterocycles. The lowest BCUT2D eigenvalue weighted by Crippen LogP contribution is -2.00. The molecule has 0 bridgehead atoms. The molecule has 110 valence electrons. The van der Waals surface area contributed by atoms with Gasteiger partial charge in [-0.3, -0.25) is 0 Å². The van der Waals surface area contributed by atoms with Crippen LogP contribution in [0.2, 0.25) is 0 Å². The molecule has 0 amide bonds. The van der Waals surface area contributed by atoms with Gasteiger partial charge in [0.1, 0.15) is 41.2 Å². The first-order valence-electron chi connectivity index (χ1n) is 6.41. The second-order valence-corrected chi connectivity index (χ2v) is 4.29. The van der Waals surface area contributed by atoms with Crippen LogP contribution >= 0.6 is 0 Å². The first-order chi connectivity index (χ1) is 11.2. The van der Waals surface area contributed by atoms with Gasteiger partial charge in [-0.25, -0.2) is 4.39 Å². The van der Waals surface area contributed by atoms with Gasteiger partial charge in [0, 0.05) is 11.8 Å². The summed E-state index contributed by atoms with van der Waals surface area (Å²) in [6.07, 6.45) is 0. The molecule has 0 spiro atoms. The van der Waals surface area contributed by atoms with Crippen LogP contribution in [0, 0.1) is 39.8 Å². The monoisotopic (exact) mass is 304 g/mol. The fourth-order valence-corrected chi connectivity index (χ4v) is 1.70. The Kier molecular flexibility index (Phi) is 4.92. The highest BCUT2D eigenvalue weighted by Gasteiger charge is 2.07. The number of anilines is 1. The van der Waals surface area contributed by atoms with Gasteiger partial charge in [0.15, 0.2) is 5.57 Å². The van der Waals surface area contributed by atoms with Crippen molar-refractivity contribution in [2.24, 2.45) is 0 Å². The maximum atomic E-state index is 12.9. The van der Waals surface area contributed by atoms with Crippen molar-refractivity contribution in [3.8, 4) is 29.7 Å². The van der Waals surface area contributed by atoms with Crippen molar-refractivity contribution in [2.45, 2.75) is 0 Å². The van der Waals surface area contributed by atoms with Gasteiger partial charge in [-0.2, -0.15) is 15.8 Å². The van der Waals surface area contributed by atoms with Crippen LogP contribution in [0.25, 0.3) is 0 Å². The van der Waals surface area contributed by atoms with Crippen LogP contribution in [-0.2, 0) is 0 Å². The number of ether oxygens (including phenoxy) is 1. The van der Waals surface area contributed by atoms with E-state index < -0.39 is 0 Å². The Balaban J connectivity index is 2.22. The Morgan fingerprint density at radius 2 is 1.61 bits per heavy atom. The molecule has 6 heteroatoms. The van der Waals surface area contributed by atoms with Crippen LogP contribution in [-0.4, -0.2) is 0 Å². The molecule has 23 heavy (non-hydrogen) atoms. The van der Waals surface area contributed by atoms with Gasteiger partial charge in [0.2, 0.25) is 0 Å². The second kappa shape index (κ2) is 7.26. The number of nitrogens with zero attached hydrogens (tertiary/aromatic N) is 3. The fraction of sp³-hybridized carbons (Fsp3) is 0. The molecule has 0 aliphatic carbocycles. The standard InChI is InChI=1S/C17H9FN4O/c18-13-4-6-15(7-5-13)23-16-3-1-2-14(8-16)22-17(11-21)12(9-19)10-20/h1-8,22H. The molecule has 0 unspecified atom stereocenters. The van der Waals surface area contributed by atoms with E-state index >= 15 is 0 Å². The number of rotatable bonds is 4. The van der Waals surface area contributed by atoms with Crippen molar-refractivity contribution in [2.75, 3.05) is 5.32 Å². The molecule has 0 atom stereocenters. The number of hydrogen-bond acceptors (Lipinski definition) is 5. The van der Waals surface area contributed by atoms with Crippen molar-refractivity contribution in [3.05, 3.63) is 65.6 Å². The Bertz CT molecular complexity index is 851.